The molecule has 18 heavy (non-hydrogen) atoms. The number of hydrogen-bond acceptors (Lipinski definition) is 3. The molecule has 1 fully saturated rings. The third-order valence-electron chi connectivity index (χ3n) is 3.25. The molecular weight excluding hydrogens is 298 g/mol. The normalized spacial score (nSPS) is 19.0. The third kappa shape index (κ3) is 2.46. The maximum absolute atomic E-state index is 12.3. The summed E-state index contributed by atoms with van der Waals surface area (Å²) in [5, 5.41) is 10.6. The van der Waals surface area contributed by atoms with Crippen molar-refractivity contribution >= 4 is 21.8 Å². The predicted molar refractivity (Wildman–Crippen MR) is 72.5 cm³/mol. The first-order valence-electron chi connectivity index (χ1n) is 5.91. The van der Waals surface area contributed by atoms with E-state index in [2.05, 4.69) is 15.9 Å². The van der Waals surface area contributed by atoms with Gasteiger partial charge in [-0.2, -0.15) is 0 Å². The Bertz CT molecular complexity index is 450. The van der Waals surface area contributed by atoms with Gasteiger partial charge in [0.25, 0.3) is 5.91 Å². The second-order valence-corrected chi connectivity index (χ2v) is 4.98. The van der Waals surface area contributed by atoms with Crippen molar-refractivity contribution in [2.45, 2.75) is 18.9 Å². The van der Waals surface area contributed by atoms with Gasteiger partial charge in [-0.3, -0.25) is 4.79 Å². The molecule has 1 unspecified atom stereocenters. The number of methoxy groups -OCH3 is 1. The zero-order chi connectivity index (χ0) is 13.1. The summed E-state index contributed by atoms with van der Waals surface area (Å²) in [6, 6.07) is 4.98. The Labute approximate surface area is 115 Å². The van der Waals surface area contributed by atoms with Crippen molar-refractivity contribution in [2.75, 3.05) is 19.0 Å². The maximum atomic E-state index is 12.3. The van der Waals surface area contributed by atoms with E-state index in [0.29, 0.717) is 11.3 Å². The summed E-state index contributed by atoms with van der Waals surface area (Å²) in [7, 11) is 1.53. The fraction of sp³-hybridized carbons (Fsp3) is 0.462. The van der Waals surface area contributed by atoms with E-state index in [-0.39, 0.29) is 17.7 Å². The van der Waals surface area contributed by atoms with Crippen LogP contribution >= 0.6 is 15.9 Å². The Kier molecular flexibility index (Phi) is 4.11. The van der Waals surface area contributed by atoms with E-state index < -0.39 is 0 Å². The number of aromatic hydroxyl groups is 1. The topological polar surface area (TPSA) is 49.8 Å². The van der Waals surface area contributed by atoms with Crippen molar-refractivity contribution in [1.29, 1.82) is 0 Å². The molecule has 1 aliphatic rings. The van der Waals surface area contributed by atoms with Crippen LogP contribution in [0.25, 0.3) is 0 Å². The van der Waals surface area contributed by atoms with Crippen LogP contribution in [0.3, 0.4) is 0 Å². The smallest absolute Gasteiger partial charge is 0.257 e. The highest BCUT2D eigenvalue weighted by atomic mass is 79.9. The van der Waals surface area contributed by atoms with Crippen LogP contribution in [0.5, 0.6) is 11.5 Å². The van der Waals surface area contributed by atoms with Crippen molar-refractivity contribution in [3.05, 3.63) is 23.8 Å². The molecule has 1 atom stereocenters. The van der Waals surface area contributed by atoms with Crippen molar-refractivity contribution < 1.29 is 14.6 Å². The van der Waals surface area contributed by atoms with Crippen molar-refractivity contribution in [3.63, 3.8) is 0 Å². The summed E-state index contributed by atoms with van der Waals surface area (Å²) >= 11 is 3.42. The van der Waals surface area contributed by atoms with Crippen molar-refractivity contribution in [2.24, 2.45) is 0 Å². The zero-order valence-corrected chi connectivity index (χ0v) is 11.8. The van der Waals surface area contributed by atoms with Gasteiger partial charge in [-0.1, -0.05) is 15.9 Å². The second kappa shape index (κ2) is 5.61. The number of benzene rings is 1. The molecule has 1 aliphatic heterocycles. The van der Waals surface area contributed by atoms with Gasteiger partial charge >= 0.3 is 0 Å². The molecule has 2 rings (SSSR count). The summed E-state index contributed by atoms with van der Waals surface area (Å²) in [5.74, 6) is 0.402. The average Bonchev–Trinajstić information content (AvgIpc) is 2.86. The molecule has 0 aliphatic carbocycles. The fourth-order valence-electron chi connectivity index (χ4n) is 2.24. The summed E-state index contributed by atoms with van der Waals surface area (Å²) in [6.07, 6.45) is 2.02. The van der Waals surface area contributed by atoms with Gasteiger partial charge in [0, 0.05) is 24.0 Å². The molecule has 1 heterocycles. The number of carbonyl (C=O) groups is 1. The van der Waals surface area contributed by atoms with E-state index in [4.69, 9.17) is 4.74 Å². The number of hydrogen-bond donors (Lipinski definition) is 1. The maximum Gasteiger partial charge on any atom is 0.257 e. The van der Waals surface area contributed by atoms with E-state index in [1.54, 1.807) is 12.1 Å². The molecule has 4 nitrogen and oxygen atoms in total. The molecule has 1 saturated heterocycles. The first-order chi connectivity index (χ1) is 8.67. The molecule has 0 spiro atoms. The summed E-state index contributed by atoms with van der Waals surface area (Å²) in [5.41, 5.74) is 0.337. The predicted octanol–water partition coefficient (Wildman–Crippen LogP) is 2.40. The highest BCUT2D eigenvalue weighted by Gasteiger charge is 2.29. The van der Waals surface area contributed by atoms with E-state index >= 15 is 0 Å². The zero-order valence-electron chi connectivity index (χ0n) is 10.2. The molecular formula is C13H16BrNO3. The molecule has 98 valence electrons. The van der Waals surface area contributed by atoms with Crippen molar-refractivity contribution in [1.82, 2.24) is 4.90 Å². The Balaban J connectivity index is 2.23. The highest BCUT2D eigenvalue weighted by Crippen LogP contribution is 2.28. The van der Waals surface area contributed by atoms with Crippen LogP contribution in [-0.4, -0.2) is 40.9 Å². The van der Waals surface area contributed by atoms with Crippen LogP contribution in [0.1, 0.15) is 23.2 Å². The SMILES string of the molecule is COc1ccc(C(=O)N2CCCC2CBr)c(O)c1. The number of amides is 1. The summed E-state index contributed by atoms with van der Waals surface area (Å²) in [6.45, 7) is 0.751. The van der Waals surface area contributed by atoms with Gasteiger partial charge in [0.1, 0.15) is 11.5 Å². The first kappa shape index (κ1) is 13.2. The average molecular weight is 314 g/mol. The minimum atomic E-state index is -0.114. The number of alkyl halides is 1. The van der Waals surface area contributed by atoms with E-state index in [9.17, 15) is 9.90 Å². The van der Waals surface area contributed by atoms with Crippen molar-refractivity contribution in [3.8, 4) is 11.5 Å². The quantitative estimate of drug-likeness (QED) is 0.872. The van der Waals surface area contributed by atoms with Gasteiger partial charge in [0.15, 0.2) is 0 Å². The van der Waals surface area contributed by atoms with Crippen LogP contribution in [0.2, 0.25) is 0 Å². The third-order valence-corrected chi connectivity index (χ3v) is 4.00. The molecule has 5 heteroatoms. The van der Waals surface area contributed by atoms with Crippen LogP contribution in [0.4, 0.5) is 0 Å². The Hall–Kier alpha value is -1.23. The van der Waals surface area contributed by atoms with Gasteiger partial charge in [0.2, 0.25) is 0 Å². The van der Waals surface area contributed by atoms with E-state index in [0.717, 1.165) is 24.7 Å². The second-order valence-electron chi connectivity index (χ2n) is 4.33. The monoisotopic (exact) mass is 313 g/mol. The Morgan fingerprint density at radius 2 is 2.39 bits per heavy atom. The molecule has 0 aromatic heterocycles. The van der Waals surface area contributed by atoms with Crippen LogP contribution in [0.15, 0.2) is 18.2 Å². The summed E-state index contributed by atoms with van der Waals surface area (Å²) in [4.78, 5) is 14.2. The highest BCUT2D eigenvalue weighted by molar-refractivity contribution is 9.09. The molecule has 0 radical (unpaired) electrons. The largest absolute Gasteiger partial charge is 0.507 e. The molecule has 1 aromatic rings. The Morgan fingerprint density at radius 1 is 1.61 bits per heavy atom. The molecule has 0 bridgehead atoms. The first-order valence-corrected chi connectivity index (χ1v) is 7.03. The number of carbonyl (C=O) groups excluding carboxylic acids is 1. The standard InChI is InChI=1S/C13H16BrNO3/c1-18-10-4-5-11(12(16)7-10)13(17)15-6-2-3-9(15)8-14/h4-5,7,9,16H,2-3,6,8H2,1H3. The number of ether oxygens (including phenoxy) is 1. The van der Waals surface area contributed by atoms with Gasteiger partial charge in [-0.05, 0) is 25.0 Å². The van der Waals surface area contributed by atoms with Crippen LogP contribution in [0, 0.1) is 0 Å². The lowest BCUT2D eigenvalue weighted by Crippen LogP contribution is -2.36. The molecule has 1 aromatic carbocycles. The summed E-state index contributed by atoms with van der Waals surface area (Å²) < 4.78 is 5.01. The number of phenols is 1. The number of nitrogens with zero attached hydrogens (tertiary/aromatic N) is 1. The van der Waals surface area contributed by atoms with E-state index in [1.807, 2.05) is 4.90 Å². The number of likely N-dealkylation sites (tertiary alicyclic amines) is 1. The van der Waals surface area contributed by atoms with E-state index in [1.165, 1.54) is 13.2 Å². The lowest BCUT2D eigenvalue weighted by atomic mass is 10.1. The van der Waals surface area contributed by atoms with Gasteiger partial charge in [0.05, 0.1) is 12.7 Å². The Morgan fingerprint density at radius 3 is 3.00 bits per heavy atom. The number of phenolic OH excluding ortho intramolecular Hbond substituents is 1. The minimum absolute atomic E-state index is 0.0282. The van der Waals surface area contributed by atoms with Gasteiger partial charge < -0.3 is 14.7 Å². The minimum Gasteiger partial charge on any atom is -0.507 e. The van der Waals surface area contributed by atoms with Crippen LogP contribution < -0.4 is 4.74 Å². The van der Waals surface area contributed by atoms with Gasteiger partial charge in [-0.15, -0.1) is 0 Å². The van der Waals surface area contributed by atoms with Crippen LogP contribution in [-0.2, 0) is 0 Å². The molecule has 1 N–H and O–H groups in total. The fourth-order valence-corrected chi connectivity index (χ4v) is 2.91. The molecule has 1 amide bonds. The lowest BCUT2D eigenvalue weighted by Gasteiger charge is -2.23. The number of rotatable bonds is 3. The van der Waals surface area contributed by atoms with Gasteiger partial charge in [-0.25, -0.2) is 0 Å². The molecule has 0 saturated carbocycles. The lowest BCUT2D eigenvalue weighted by molar-refractivity contribution is 0.0747. The number of halogens is 1.